The molecular weight excluding hydrogens is 400 g/mol. The summed E-state index contributed by atoms with van der Waals surface area (Å²) in [6, 6.07) is 12.5. The zero-order valence-electron chi connectivity index (χ0n) is 15.2. The van der Waals surface area contributed by atoms with Crippen molar-refractivity contribution in [2.24, 2.45) is 5.10 Å². The molecule has 8 nitrogen and oxygen atoms in total. The number of hydrogen-bond acceptors (Lipinski definition) is 7. The van der Waals surface area contributed by atoms with Crippen LogP contribution in [0.3, 0.4) is 0 Å². The third-order valence-corrected chi connectivity index (χ3v) is 5.05. The Labute approximate surface area is 171 Å². The smallest absolute Gasteiger partial charge is 0.293 e. The van der Waals surface area contributed by atoms with Crippen LogP contribution in [-0.2, 0) is 5.75 Å². The van der Waals surface area contributed by atoms with Crippen LogP contribution in [0, 0.1) is 10.1 Å². The summed E-state index contributed by atoms with van der Waals surface area (Å²) in [5.41, 5.74) is 2.27. The predicted molar refractivity (Wildman–Crippen MR) is 111 cm³/mol. The molecule has 0 aliphatic heterocycles. The van der Waals surface area contributed by atoms with Crippen LogP contribution in [-0.4, -0.2) is 40.1 Å². The number of benzene rings is 2. The van der Waals surface area contributed by atoms with Gasteiger partial charge in [0.1, 0.15) is 12.0 Å². The maximum absolute atomic E-state index is 11.3. The van der Waals surface area contributed by atoms with Crippen molar-refractivity contribution in [1.82, 2.24) is 14.9 Å². The van der Waals surface area contributed by atoms with Gasteiger partial charge in [-0.2, -0.15) is 9.78 Å². The van der Waals surface area contributed by atoms with Gasteiger partial charge < -0.3 is 4.90 Å². The first-order chi connectivity index (χ1) is 13.4. The van der Waals surface area contributed by atoms with Crippen molar-refractivity contribution in [3.05, 3.63) is 75.1 Å². The van der Waals surface area contributed by atoms with Gasteiger partial charge in [0.05, 0.1) is 11.1 Å². The molecule has 1 heterocycles. The van der Waals surface area contributed by atoms with Crippen molar-refractivity contribution in [2.75, 3.05) is 19.0 Å². The van der Waals surface area contributed by atoms with Gasteiger partial charge in [0.25, 0.3) is 5.69 Å². The van der Waals surface area contributed by atoms with E-state index in [1.54, 1.807) is 37.3 Å². The normalized spacial score (nSPS) is 11.1. The zero-order valence-corrected chi connectivity index (χ0v) is 16.8. The average molecular weight is 417 g/mol. The summed E-state index contributed by atoms with van der Waals surface area (Å²) >= 11 is 7.38. The third-order valence-electron chi connectivity index (χ3n) is 3.79. The molecule has 144 valence electrons. The second kappa shape index (κ2) is 8.85. The van der Waals surface area contributed by atoms with Crippen LogP contribution in [0.4, 0.5) is 11.4 Å². The largest absolute Gasteiger partial charge is 0.372 e. The van der Waals surface area contributed by atoms with Gasteiger partial charge in [-0.25, -0.2) is 0 Å². The SMILES string of the molecule is CN(C)c1ccc(/C=N\n2cnnc2SCc2ccc(Cl)cc2)cc1[N+](=O)[O-]. The maximum Gasteiger partial charge on any atom is 0.293 e. The van der Waals surface area contributed by atoms with Crippen molar-refractivity contribution in [1.29, 1.82) is 0 Å². The summed E-state index contributed by atoms with van der Waals surface area (Å²) in [6.45, 7) is 0. The molecule has 2 aromatic carbocycles. The van der Waals surface area contributed by atoms with Crippen LogP contribution in [0.25, 0.3) is 0 Å². The van der Waals surface area contributed by atoms with E-state index in [1.807, 2.05) is 24.3 Å². The van der Waals surface area contributed by atoms with Crippen LogP contribution in [0.5, 0.6) is 0 Å². The Morgan fingerprint density at radius 3 is 2.71 bits per heavy atom. The monoisotopic (exact) mass is 416 g/mol. The number of halogens is 1. The molecule has 0 spiro atoms. The van der Waals surface area contributed by atoms with Gasteiger partial charge in [0.15, 0.2) is 0 Å². The van der Waals surface area contributed by atoms with Gasteiger partial charge >= 0.3 is 0 Å². The van der Waals surface area contributed by atoms with Gasteiger partial charge in [-0.1, -0.05) is 41.6 Å². The van der Waals surface area contributed by atoms with E-state index in [0.29, 0.717) is 27.2 Å². The first-order valence-corrected chi connectivity index (χ1v) is 9.58. The van der Waals surface area contributed by atoms with Crippen molar-refractivity contribution >= 4 is 41.0 Å². The molecular formula is C18H17ClN6O2S. The number of thioether (sulfide) groups is 1. The Kier molecular flexibility index (Phi) is 6.27. The lowest BCUT2D eigenvalue weighted by Gasteiger charge is -2.12. The Morgan fingerprint density at radius 1 is 1.29 bits per heavy atom. The number of nitro groups is 1. The minimum Gasteiger partial charge on any atom is -0.372 e. The summed E-state index contributed by atoms with van der Waals surface area (Å²) in [7, 11) is 3.52. The van der Waals surface area contributed by atoms with Gasteiger partial charge in [-0.05, 0) is 23.8 Å². The second-order valence-corrected chi connectivity index (χ2v) is 7.40. The number of nitrogens with zero attached hydrogens (tertiary/aromatic N) is 6. The van der Waals surface area contributed by atoms with E-state index in [9.17, 15) is 10.1 Å². The number of aromatic nitrogens is 3. The number of nitro benzene ring substituents is 1. The Hall–Kier alpha value is -2.91. The standard InChI is InChI=1S/C18H17ClN6O2S/c1-23(2)16-8-5-14(9-17(16)25(26)27)10-21-24-12-20-22-18(24)28-11-13-3-6-15(19)7-4-13/h3-10,12H,11H2,1-2H3/b21-10-. The van der Waals surface area contributed by atoms with Crippen molar-refractivity contribution < 1.29 is 4.92 Å². The van der Waals surface area contributed by atoms with E-state index < -0.39 is 4.92 Å². The summed E-state index contributed by atoms with van der Waals surface area (Å²) in [6.07, 6.45) is 3.03. The molecule has 10 heteroatoms. The molecule has 0 unspecified atom stereocenters. The highest BCUT2D eigenvalue weighted by molar-refractivity contribution is 7.98. The fraction of sp³-hybridized carbons (Fsp3) is 0.167. The van der Waals surface area contributed by atoms with E-state index in [0.717, 1.165) is 5.56 Å². The van der Waals surface area contributed by atoms with Crippen molar-refractivity contribution in [3.8, 4) is 0 Å². The third kappa shape index (κ3) is 4.87. The summed E-state index contributed by atoms with van der Waals surface area (Å²) < 4.78 is 1.53. The maximum atomic E-state index is 11.3. The summed E-state index contributed by atoms with van der Waals surface area (Å²) in [4.78, 5) is 12.6. The first kappa shape index (κ1) is 19.8. The van der Waals surface area contributed by atoms with Crippen molar-refractivity contribution in [3.63, 3.8) is 0 Å². The highest BCUT2D eigenvalue weighted by Gasteiger charge is 2.15. The molecule has 0 bridgehead atoms. The quantitative estimate of drug-likeness (QED) is 0.249. The van der Waals surface area contributed by atoms with Crippen LogP contribution in [0.1, 0.15) is 11.1 Å². The van der Waals surface area contributed by atoms with E-state index in [1.165, 1.54) is 28.8 Å². The second-order valence-electron chi connectivity index (χ2n) is 6.02. The van der Waals surface area contributed by atoms with E-state index in [2.05, 4.69) is 15.3 Å². The Morgan fingerprint density at radius 2 is 2.04 bits per heavy atom. The molecule has 3 rings (SSSR count). The van der Waals surface area contributed by atoms with E-state index in [-0.39, 0.29) is 5.69 Å². The van der Waals surface area contributed by atoms with Gasteiger partial charge in [-0.15, -0.1) is 10.2 Å². The molecule has 0 atom stereocenters. The molecule has 1 aromatic heterocycles. The van der Waals surface area contributed by atoms with Crippen LogP contribution >= 0.6 is 23.4 Å². The lowest BCUT2D eigenvalue weighted by molar-refractivity contribution is -0.384. The van der Waals surface area contributed by atoms with Crippen LogP contribution in [0.15, 0.2) is 59.0 Å². The van der Waals surface area contributed by atoms with Gasteiger partial charge in [-0.3, -0.25) is 10.1 Å². The van der Waals surface area contributed by atoms with Gasteiger partial charge in [0.2, 0.25) is 5.16 Å². The molecule has 0 saturated carbocycles. The number of rotatable bonds is 7. The molecule has 0 radical (unpaired) electrons. The molecule has 3 aromatic rings. The molecule has 0 N–H and O–H groups in total. The summed E-state index contributed by atoms with van der Waals surface area (Å²) in [5, 5.41) is 24.9. The zero-order chi connectivity index (χ0) is 20.1. The lowest BCUT2D eigenvalue weighted by atomic mass is 10.2. The molecule has 0 fully saturated rings. The fourth-order valence-electron chi connectivity index (χ4n) is 2.40. The van der Waals surface area contributed by atoms with Gasteiger partial charge in [0, 0.05) is 36.5 Å². The molecule has 0 aliphatic rings. The topological polar surface area (TPSA) is 89.5 Å². The lowest BCUT2D eigenvalue weighted by Crippen LogP contribution is -2.11. The van der Waals surface area contributed by atoms with Crippen LogP contribution < -0.4 is 4.90 Å². The highest BCUT2D eigenvalue weighted by Crippen LogP contribution is 2.27. The molecule has 0 saturated heterocycles. The predicted octanol–water partition coefficient (Wildman–Crippen LogP) is 4.08. The average Bonchev–Trinajstić information content (AvgIpc) is 3.13. The number of anilines is 1. The van der Waals surface area contributed by atoms with E-state index in [4.69, 9.17) is 11.6 Å². The van der Waals surface area contributed by atoms with Crippen LogP contribution in [0.2, 0.25) is 5.02 Å². The Balaban J connectivity index is 1.75. The van der Waals surface area contributed by atoms with E-state index >= 15 is 0 Å². The highest BCUT2D eigenvalue weighted by atomic mass is 35.5. The Bertz CT molecular complexity index is 1000. The van der Waals surface area contributed by atoms with Crippen molar-refractivity contribution in [2.45, 2.75) is 10.9 Å². The molecule has 0 aliphatic carbocycles. The fourth-order valence-corrected chi connectivity index (χ4v) is 3.34. The molecule has 28 heavy (non-hydrogen) atoms. The minimum atomic E-state index is -0.404. The first-order valence-electron chi connectivity index (χ1n) is 8.21. The number of hydrogen-bond donors (Lipinski definition) is 0. The minimum absolute atomic E-state index is 0.0232. The summed E-state index contributed by atoms with van der Waals surface area (Å²) in [5.74, 6) is 0.689. The molecule has 0 amide bonds.